The lowest BCUT2D eigenvalue weighted by molar-refractivity contribution is 0.193. The van der Waals surface area contributed by atoms with E-state index in [1.807, 2.05) is 24.3 Å². The van der Waals surface area contributed by atoms with Gasteiger partial charge in [0, 0.05) is 12.6 Å². The number of nitrogens with zero attached hydrogens (tertiary/aromatic N) is 3. The summed E-state index contributed by atoms with van der Waals surface area (Å²) in [5.41, 5.74) is 1.29. The summed E-state index contributed by atoms with van der Waals surface area (Å²) in [5.74, 6) is 2.64. The quantitative estimate of drug-likeness (QED) is 0.635. The Kier molecular flexibility index (Phi) is 5.92. The number of methoxy groups -OCH3 is 3. The van der Waals surface area contributed by atoms with Gasteiger partial charge in [0.15, 0.2) is 0 Å². The molecular formula is C22H24N4O5. The van der Waals surface area contributed by atoms with Crippen LogP contribution in [0.15, 0.2) is 47.0 Å². The minimum atomic E-state index is -0.305. The van der Waals surface area contributed by atoms with Gasteiger partial charge in [-0.2, -0.15) is 4.98 Å². The number of hydrogen-bond acceptors (Lipinski definition) is 7. The SMILES string of the molecule is COc1ccc(NC(=O)N2CCC[C@H]2c2nc(-c3ccccc3OC)no2)c(OC)c1. The van der Waals surface area contributed by atoms with Crippen molar-refractivity contribution in [1.29, 1.82) is 0 Å². The second-order valence-corrected chi connectivity index (χ2v) is 7.00. The highest BCUT2D eigenvalue weighted by atomic mass is 16.5. The topological polar surface area (TPSA) is 99.0 Å². The average molecular weight is 424 g/mol. The van der Waals surface area contributed by atoms with Gasteiger partial charge in [0.05, 0.1) is 32.6 Å². The molecular weight excluding hydrogens is 400 g/mol. The second kappa shape index (κ2) is 8.95. The van der Waals surface area contributed by atoms with E-state index >= 15 is 0 Å². The van der Waals surface area contributed by atoms with Gasteiger partial charge in [0.2, 0.25) is 11.7 Å². The summed E-state index contributed by atoms with van der Waals surface area (Å²) in [6, 6.07) is 12.1. The lowest BCUT2D eigenvalue weighted by Gasteiger charge is -2.23. The smallest absolute Gasteiger partial charge is 0.322 e. The molecule has 9 heteroatoms. The Hall–Kier alpha value is -3.75. The average Bonchev–Trinajstić information content (AvgIpc) is 3.49. The predicted molar refractivity (Wildman–Crippen MR) is 114 cm³/mol. The zero-order chi connectivity index (χ0) is 21.8. The number of urea groups is 1. The van der Waals surface area contributed by atoms with Gasteiger partial charge in [-0.05, 0) is 37.1 Å². The van der Waals surface area contributed by atoms with Crippen molar-refractivity contribution in [3.63, 3.8) is 0 Å². The maximum absolute atomic E-state index is 13.0. The molecule has 1 fully saturated rings. The highest BCUT2D eigenvalue weighted by Crippen LogP contribution is 2.35. The van der Waals surface area contributed by atoms with Gasteiger partial charge < -0.3 is 29.0 Å². The first-order valence-electron chi connectivity index (χ1n) is 9.91. The molecule has 2 heterocycles. The largest absolute Gasteiger partial charge is 0.497 e. The zero-order valence-corrected chi connectivity index (χ0v) is 17.6. The van der Waals surface area contributed by atoms with Crippen molar-refractivity contribution >= 4 is 11.7 Å². The number of para-hydroxylation sites is 1. The summed E-state index contributed by atoms with van der Waals surface area (Å²) in [4.78, 5) is 19.3. The number of ether oxygens (including phenoxy) is 3. The van der Waals surface area contributed by atoms with E-state index in [2.05, 4.69) is 15.5 Å². The lowest BCUT2D eigenvalue weighted by atomic mass is 10.2. The van der Waals surface area contributed by atoms with E-state index in [1.165, 1.54) is 0 Å². The van der Waals surface area contributed by atoms with Crippen LogP contribution >= 0.6 is 0 Å². The molecule has 2 aromatic carbocycles. The van der Waals surface area contributed by atoms with Crippen LogP contribution in [0.3, 0.4) is 0 Å². The number of amides is 2. The molecule has 0 unspecified atom stereocenters. The van der Waals surface area contributed by atoms with E-state index in [1.54, 1.807) is 44.4 Å². The number of anilines is 1. The molecule has 0 bridgehead atoms. The highest BCUT2D eigenvalue weighted by Gasteiger charge is 2.34. The number of likely N-dealkylation sites (tertiary alicyclic amines) is 1. The monoisotopic (exact) mass is 424 g/mol. The second-order valence-electron chi connectivity index (χ2n) is 7.00. The molecule has 0 spiro atoms. The van der Waals surface area contributed by atoms with Crippen LogP contribution < -0.4 is 19.5 Å². The van der Waals surface area contributed by atoms with E-state index < -0.39 is 0 Å². The number of nitrogens with one attached hydrogen (secondary N) is 1. The molecule has 4 rings (SSSR count). The van der Waals surface area contributed by atoms with Crippen LogP contribution in [-0.2, 0) is 0 Å². The van der Waals surface area contributed by atoms with Crippen LogP contribution in [0.1, 0.15) is 24.8 Å². The molecule has 0 saturated carbocycles. The van der Waals surface area contributed by atoms with E-state index in [0.29, 0.717) is 41.2 Å². The van der Waals surface area contributed by atoms with Crippen molar-refractivity contribution < 1.29 is 23.5 Å². The molecule has 1 atom stereocenters. The molecule has 1 saturated heterocycles. The van der Waals surface area contributed by atoms with Crippen LogP contribution in [0.4, 0.5) is 10.5 Å². The maximum atomic E-state index is 13.0. The van der Waals surface area contributed by atoms with Gasteiger partial charge in [-0.15, -0.1) is 0 Å². The Bertz CT molecular complexity index is 1070. The third-order valence-corrected chi connectivity index (χ3v) is 5.24. The Labute approximate surface area is 179 Å². The Morgan fingerprint density at radius 3 is 2.68 bits per heavy atom. The third kappa shape index (κ3) is 4.11. The van der Waals surface area contributed by atoms with Gasteiger partial charge in [-0.25, -0.2) is 4.79 Å². The molecule has 9 nitrogen and oxygen atoms in total. The van der Waals surface area contributed by atoms with Crippen molar-refractivity contribution in [3.8, 4) is 28.6 Å². The van der Waals surface area contributed by atoms with Crippen molar-refractivity contribution in [1.82, 2.24) is 15.0 Å². The number of carbonyl (C=O) groups excluding carboxylic acids is 1. The fourth-order valence-corrected chi connectivity index (χ4v) is 3.66. The Balaban J connectivity index is 1.53. The molecule has 0 aliphatic carbocycles. The molecule has 1 aliphatic rings. The molecule has 3 aromatic rings. The van der Waals surface area contributed by atoms with Crippen molar-refractivity contribution in [3.05, 3.63) is 48.4 Å². The van der Waals surface area contributed by atoms with E-state index in [9.17, 15) is 4.79 Å². The summed E-state index contributed by atoms with van der Waals surface area (Å²) in [5, 5.41) is 7.01. The predicted octanol–water partition coefficient (Wildman–Crippen LogP) is 4.13. The molecule has 0 radical (unpaired) electrons. The minimum Gasteiger partial charge on any atom is -0.497 e. The molecule has 31 heavy (non-hydrogen) atoms. The first kappa shape index (κ1) is 20.5. The first-order chi connectivity index (χ1) is 15.1. The van der Waals surface area contributed by atoms with Gasteiger partial charge >= 0.3 is 6.03 Å². The van der Waals surface area contributed by atoms with Crippen LogP contribution in [0, 0.1) is 0 Å². The summed E-state index contributed by atoms with van der Waals surface area (Å²) in [6.45, 7) is 0.585. The van der Waals surface area contributed by atoms with Crippen LogP contribution in [-0.4, -0.2) is 48.9 Å². The molecule has 1 aromatic heterocycles. The number of aromatic nitrogens is 2. The molecule has 2 amide bonds. The zero-order valence-electron chi connectivity index (χ0n) is 17.6. The van der Waals surface area contributed by atoms with E-state index in [0.717, 1.165) is 18.4 Å². The fraction of sp³-hybridized carbons (Fsp3) is 0.318. The van der Waals surface area contributed by atoms with Crippen LogP contribution in [0.25, 0.3) is 11.4 Å². The lowest BCUT2D eigenvalue weighted by Crippen LogP contribution is -2.34. The maximum Gasteiger partial charge on any atom is 0.322 e. The summed E-state index contributed by atoms with van der Waals surface area (Å²) < 4.78 is 21.5. The van der Waals surface area contributed by atoms with E-state index in [-0.39, 0.29) is 12.1 Å². The van der Waals surface area contributed by atoms with Crippen LogP contribution in [0.5, 0.6) is 17.2 Å². The molecule has 162 valence electrons. The van der Waals surface area contributed by atoms with Gasteiger partial charge in [-0.1, -0.05) is 17.3 Å². The summed E-state index contributed by atoms with van der Waals surface area (Å²) in [6.07, 6.45) is 1.57. The van der Waals surface area contributed by atoms with Crippen molar-refractivity contribution in [2.45, 2.75) is 18.9 Å². The standard InChI is InChI=1S/C22H24N4O5/c1-28-14-10-11-16(19(13-14)30-3)23-22(27)26-12-6-8-17(26)21-24-20(25-31-21)15-7-4-5-9-18(15)29-2/h4-5,7,9-11,13,17H,6,8,12H2,1-3H3,(H,23,27)/t17-/m0/s1. The number of rotatable bonds is 6. The number of hydrogen-bond donors (Lipinski definition) is 1. The fourth-order valence-electron chi connectivity index (χ4n) is 3.66. The number of benzene rings is 2. The van der Waals surface area contributed by atoms with Gasteiger partial charge in [-0.3, -0.25) is 0 Å². The highest BCUT2D eigenvalue weighted by molar-refractivity contribution is 5.91. The van der Waals surface area contributed by atoms with Crippen molar-refractivity contribution in [2.75, 3.05) is 33.2 Å². The van der Waals surface area contributed by atoms with Crippen molar-refractivity contribution in [2.24, 2.45) is 0 Å². The summed E-state index contributed by atoms with van der Waals surface area (Å²) in [7, 11) is 4.71. The minimum absolute atomic E-state index is 0.261. The normalized spacial score (nSPS) is 15.6. The first-order valence-corrected chi connectivity index (χ1v) is 9.91. The molecule has 1 aliphatic heterocycles. The third-order valence-electron chi connectivity index (χ3n) is 5.24. The summed E-state index contributed by atoms with van der Waals surface area (Å²) >= 11 is 0. The Morgan fingerprint density at radius 1 is 1.10 bits per heavy atom. The van der Waals surface area contributed by atoms with Gasteiger partial charge in [0.1, 0.15) is 23.3 Å². The van der Waals surface area contributed by atoms with E-state index in [4.69, 9.17) is 18.7 Å². The van der Waals surface area contributed by atoms with Crippen LogP contribution in [0.2, 0.25) is 0 Å². The molecule has 1 N–H and O–H groups in total. The van der Waals surface area contributed by atoms with Gasteiger partial charge in [0.25, 0.3) is 0 Å². The number of carbonyl (C=O) groups is 1. The Morgan fingerprint density at radius 2 is 1.90 bits per heavy atom.